The fourth-order valence-electron chi connectivity index (χ4n) is 2.35. The quantitative estimate of drug-likeness (QED) is 0.780. The molecule has 2 unspecified atom stereocenters. The Labute approximate surface area is 155 Å². The SMILES string of the molecule is CC(NC(=O)C(=O)N(C)CC(O)c1ccc(F)cc1)c1ncccc1Cl. The van der Waals surface area contributed by atoms with Gasteiger partial charge >= 0.3 is 11.8 Å². The summed E-state index contributed by atoms with van der Waals surface area (Å²) in [7, 11) is 1.40. The molecule has 2 N–H and O–H groups in total. The lowest BCUT2D eigenvalue weighted by atomic mass is 10.1. The zero-order valence-corrected chi connectivity index (χ0v) is 15.1. The first-order valence-corrected chi connectivity index (χ1v) is 8.27. The van der Waals surface area contributed by atoms with Gasteiger partial charge in [-0.2, -0.15) is 0 Å². The first-order chi connectivity index (χ1) is 12.3. The van der Waals surface area contributed by atoms with E-state index in [2.05, 4.69) is 10.3 Å². The third kappa shape index (κ3) is 5.00. The summed E-state index contributed by atoms with van der Waals surface area (Å²) >= 11 is 6.02. The van der Waals surface area contributed by atoms with Crippen LogP contribution >= 0.6 is 11.6 Å². The van der Waals surface area contributed by atoms with Gasteiger partial charge in [-0.25, -0.2) is 4.39 Å². The van der Waals surface area contributed by atoms with Crippen molar-refractivity contribution in [3.8, 4) is 0 Å². The predicted molar refractivity (Wildman–Crippen MR) is 94.8 cm³/mol. The van der Waals surface area contributed by atoms with Gasteiger partial charge in [0.25, 0.3) is 0 Å². The molecule has 0 spiro atoms. The van der Waals surface area contributed by atoms with Gasteiger partial charge in [0.05, 0.1) is 29.4 Å². The van der Waals surface area contributed by atoms with Crippen molar-refractivity contribution < 1.29 is 19.1 Å². The Hall–Kier alpha value is -2.51. The molecule has 8 heteroatoms. The lowest BCUT2D eigenvalue weighted by molar-refractivity contribution is -0.146. The Morgan fingerprint density at radius 2 is 1.96 bits per heavy atom. The topological polar surface area (TPSA) is 82.5 Å². The van der Waals surface area contributed by atoms with Crippen LogP contribution in [-0.4, -0.2) is 40.4 Å². The van der Waals surface area contributed by atoms with Gasteiger partial charge in [0.2, 0.25) is 0 Å². The number of nitrogens with one attached hydrogen (secondary N) is 1. The van der Waals surface area contributed by atoms with Crippen LogP contribution in [0.4, 0.5) is 4.39 Å². The number of rotatable bonds is 5. The summed E-state index contributed by atoms with van der Waals surface area (Å²) in [5.74, 6) is -2.08. The van der Waals surface area contributed by atoms with Gasteiger partial charge < -0.3 is 15.3 Å². The molecule has 0 saturated carbocycles. The maximum atomic E-state index is 12.9. The van der Waals surface area contributed by atoms with Crippen molar-refractivity contribution in [2.24, 2.45) is 0 Å². The number of aliphatic hydroxyl groups excluding tert-OH is 1. The van der Waals surface area contributed by atoms with Crippen LogP contribution in [0.5, 0.6) is 0 Å². The van der Waals surface area contributed by atoms with Crippen LogP contribution in [0.2, 0.25) is 5.02 Å². The smallest absolute Gasteiger partial charge is 0.311 e. The number of likely N-dealkylation sites (N-methyl/N-ethyl adjacent to an activating group) is 1. The van der Waals surface area contributed by atoms with Gasteiger partial charge in [-0.3, -0.25) is 14.6 Å². The summed E-state index contributed by atoms with van der Waals surface area (Å²) in [6.07, 6.45) is 0.497. The number of hydrogen-bond donors (Lipinski definition) is 2. The fraction of sp³-hybridized carbons (Fsp3) is 0.278. The maximum absolute atomic E-state index is 12.9. The van der Waals surface area contributed by atoms with Gasteiger partial charge in [-0.05, 0) is 36.8 Å². The second kappa shape index (κ2) is 8.73. The molecule has 0 fully saturated rings. The van der Waals surface area contributed by atoms with Crippen LogP contribution in [0.1, 0.15) is 30.3 Å². The van der Waals surface area contributed by atoms with Crippen LogP contribution < -0.4 is 5.32 Å². The molecule has 0 aliphatic heterocycles. The van der Waals surface area contributed by atoms with Crippen LogP contribution in [0.3, 0.4) is 0 Å². The van der Waals surface area contributed by atoms with E-state index in [0.717, 1.165) is 4.90 Å². The average molecular weight is 380 g/mol. The van der Waals surface area contributed by atoms with E-state index in [1.165, 1.54) is 37.5 Å². The molecule has 0 aliphatic carbocycles. The Kier molecular flexibility index (Phi) is 6.65. The first kappa shape index (κ1) is 19.8. The highest BCUT2D eigenvalue weighted by molar-refractivity contribution is 6.35. The van der Waals surface area contributed by atoms with Gasteiger partial charge in [0, 0.05) is 13.2 Å². The number of carbonyl (C=O) groups is 2. The summed E-state index contributed by atoms with van der Waals surface area (Å²) in [6.45, 7) is 1.55. The zero-order chi connectivity index (χ0) is 19.3. The van der Waals surface area contributed by atoms with Crippen LogP contribution in [0.25, 0.3) is 0 Å². The summed E-state index contributed by atoms with van der Waals surface area (Å²) < 4.78 is 12.9. The molecule has 2 rings (SSSR count). The van der Waals surface area contributed by atoms with Crippen LogP contribution in [0.15, 0.2) is 42.6 Å². The van der Waals surface area contributed by atoms with E-state index in [9.17, 15) is 19.1 Å². The summed E-state index contributed by atoms with van der Waals surface area (Å²) in [4.78, 5) is 29.5. The highest BCUT2D eigenvalue weighted by Crippen LogP contribution is 2.19. The van der Waals surface area contributed by atoms with E-state index < -0.39 is 29.8 Å². The highest BCUT2D eigenvalue weighted by Gasteiger charge is 2.24. The molecule has 138 valence electrons. The molecule has 1 aromatic heterocycles. The van der Waals surface area contributed by atoms with Crippen molar-refractivity contribution in [2.75, 3.05) is 13.6 Å². The molecular weight excluding hydrogens is 361 g/mol. The lowest BCUT2D eigenvalue weighted by Gasteiger charge is -2.22. The van der Waals surface area contributed by atoms with E-state index in [0.29, 0.717) is 16.3 Å². The minimum absolute atomic E-state index is 0.114. The second-order valence-corrected chi connectivity index (χ2v) is 6.23. The van der Waals surface area contributed by atoms with E-state index >= 15 is 0 Å². The molecule has 2 aromatic rings. The lowest BCUT2D eigenvalue weighted by Crippen LogP contribution is -2.43. The normalized spacial score (nSPS) is 13.0. The summed E-state index contributed by atoms with van der Waals surface area (Å²) in [6, 6.07) is 8.01. The maximum Gasteiger partial charge on any atom is 0.311 e. The number of benzene rings is 1. The third-order valence-electron chi connectivity index (χ3n) is 3.79. The summed E-state index contributed by atoms with van der Waals surface area (Å²) in [5, 5.41) is 13.0. The van der Waals surface area contributed by atoms with Crippen molar-refractivity contribution in [3.63, 3.8) is 0 Å². The third-order valence-corrected chi connectivity index (χ3v) is 4.11. The highest BCUT2D eigenvalue weighted by atomic mass is 35.5. The van der Waals surface area contributed by atoms with Gasteiger partial charge in [-0.1, -0.05) is 23.7 Å². The molecule has 0 aliphatic rings. The van der Waals surface area contributed by atoms with Crippen molar-refractivity contribution in [1.29, 1.82) is 0 Å². The molecule has 0 saturated heterocycles. The van der Waals surface area contributed by atoms with Crippen molar-refractivity contribution in [2.45, 2.75) is 19.1 Å². The van der Waals surface area contributed by atoms with Gasteiger partial charge in [0.15, 0.2) is 0 Å². The minimum atomic E-state index is -1.04. The van der Waals surface area contributed by atoms with Crippen molar-refractivity contribution in [3.05, 3.63) is 64.7 Å². The van der Waals surface area contributed by atoms with Gasteiger partial charge in [0.1, 0.15) is 5.82 Å². The van der Waals surface area contributed by atoms with E-state index in [1.807, 2.05) is 0 Å². The van der Waals surface area contributed by atoms with E-state index in [1.54, 1.807) is 19.1 Å². The van der Waals surface area contributed by atoms with Crippen molar-refractivity contribution >= 4 is 23.4 Å². The second-order valence-electron chi connectivity index (χ2n) is 5.82. The number of aliphatic hydroxyl groups is 1. The summed E-state index contributed by atoms with van der Waals surface area (Å²) in [5.41, 5.74) is 0.893. The van der Waals surface area contributed by atoms with E-state index in [4.69, 9.17) is 11.6 Å². The van der Waals surface area contributed by atoms with Crippen molar-refractivity contribution in [1.82, 2.24) is 15.2 Å². The molecule has 26 heavy (non-hydrogen) atoms. The number of amides is 2. The largest absolute Gasteiger partial charge is 0.387 e. The number of hydrogen-bond acceptors (Lipinski definition) is 4. The number of carbonyl (C=O) groups excluding carboxylic acids is 2. The number of halogens is 2. The Morgan fingerprint density at radius 1 is 1.31 bits per heavy atom. The Balaban J connectivity index is 1.95. The monoisotopic (exact) mass is 379 g/mol. The molecule has 1 heterocycles. The average Bonchev–Trinajstić information content (AvgIpc) is 2.61. The van der Waals surface area contributed by atoms with Crippen LogP contribution in [-0.2, 0) is 9.59 Å². The molecule has 2 atom stereocenters. The zero-order valence-electron chi connectivity index (χ0n) is 14.3. The standard InChI is InChI=1S/C18H19ClFN3O3/c1-11(16-14(19)4-3-9-21-16)22-17(25)18(26)23(2)10-15(24)12-5-7-13(20)8-6-12/h3-9,11,15,24H,10H2,1-2H3,(H,22,25). The van der Waals surface area contributed by atoms with Crippen LogP contribution in [0, 0.1) is 5.82 Å². The fourth-order valence-corrected chi connectivity index (χ4v) is 2.63. The molecule has 0 radical (unpaired) electrons. The molecule has 1 aromatic carbocycles. The number of pyridine rings is 1. The number of aromatic nitrogens is 1. The first-order valence-electron chi connectivity index (χ1n) is 7.89. The molecule has 0 bridgehead atoms. The Morgan fingerprint density at radius 3 is 2.58 bits per heavy atom. The predicted octanol–water partition coefficient (Wildman–Crippen LogP) is 2.24. The Bertz CT molecular complexity index is 786. The van der Waals surface area contributed by atoms with Gasteiger partial charge in [-0.15, -0.1) is 0 Å². The molecular formula is C18H19ClFN3O3. The molecule has 2 amide bonds. The minimum Gasteiger partial charge on any atom is -0.387 e. The van der Waals surface area contributed by atoms with E-state index in [-0.39, 0.29) is 6.54 Å². The number of nitrogens with zero attached hydrogens (tertiary/aromatic N) is 2. The molecule has 6 nitrogen and oxygen atoms in total.